The van der Waals surface area contributed by atoms with Gasteiger partial charge in [0.25, 0.3) is 0 Å². The Morgan fingerprint density at radius 3 is 2.33 bits per heavy atom. The van der Waals surface area contributed by atoms with E-state index in [0.29, 0.717) is 6.61 Å². The molecule has 1 aromatic carbocycles. The van der Waals surface area contributed by atoms with E-state index in [1.807, 2.05) is 31.2 Å². The lowest BCUT2D eigenvalue weighted by Crippen LogP contribution is -2.41. The van der Waals surface area contributed by atoms with Gasteiger partial charge in [-0.3, -0.25) is 0 Å². The second-order valence-corrected chi connectivity index (χ2v) is 5.88. The molecule has 0 aliphatic heterocycles. The fourth-order valence-electron chi connectivity index (χ4n) is 3.20. The zero-order chi connectivity index (χ0) is 15.1. The summed E-state index contributed by atoms with van der Waals surface area (Å²) < 4.78 is 11.6. The standard InChI is InChI=1S/C18H28O3/c1-3-14-20-16-10-8-15(9-11-16)17(19)18(21-4-2)12-6-5-7-13-18/h8-11,17,19H,3-7,12-14H2,1-2H3. The van der Waals surface area contributed by atoms with Gasteiger partial charge >= 0.3 is 0 Å². The molecular formula is C18H28O3. The first-order valence-electron chi connectivity index (χ1n) is 8.26. The third kappa shape index (κ3) is 3.98. The second-order valence-electron chi connectivity index (χ2n) is 5.88. The molecule has 0 aromatic heterocycles. The number of rotatable bonds is 7. The molecule has 1 N–H and O–H groups in total. The van der Waals surface area contributed by atoms with Crippen molar-refractivity contribution < 1.29 is 14.6 Å². The molecule has 0 heterocycles. The van der Waals surface area contributed by atoms with Crippen molar-refractivity contribution in [3.05, 3.63) is 29.8 Å². The van der Waals surface area contributed by atoms with Gasteiger partial charge in [-0.1, -0.05) is 38.3 Å². The van der Waals surface area contributed by atoms with E-state index < -0.39 is 11.7 Å². The van der Waals surface area contributed by atoms with Crippen LogP contribution in [0.2, 0.25) is 0 Å². The van der Waals surface area contributed by atoms with Crippen LogP contribution in [0.4, 0.5) is 0 Å². The molecule has 1 fully saturated rings. The largest absolute Gasteiger partial charge is 0.494 e. The summed E-state index contributed by atoms with van der Waals surface area (Å²) in [6, 6.07) is 7.81. The maximum Gasteiger partial charge on any atom is 0.119 e. The van der Waals surface area contributed by atoms with Gasteiger partial charge in [0.05, 0.1) is 12.2 Å². The molecule has 21 heavy (non-hydrogen) atoms. The molecule has 0 amide bonds. The van der Waals surface area contributed by atoms with E-state index in [-0.39, 0.29) is 0 Å². The zero-order valence-electron chi connectivity index (χ0n) is 13.3. The molecule has 1 saturated carbocycles. The Bertz CT molecular complexity index is 401. The number of aliphatic hydroxyl groups excluding tert-OH is 1. The smallest absolute Gasteiger partial charge is 0.119 e. The van der Waals surface area contributed by atoms with Crippen molar-refractivity contribution >= 4 is 0 Å². The van der Waals surface area contributed by atoms with Crippen LogP contribution in [0.5, 0.6) is 5.75 Å². The molecule has 1 aliphatic rings. The van der Waals surface area contributed by atoms with Crippen LogP contribution in [0.15, 0.2) is 24.3 Å². The van der Waals surface area contributed by atoms with E-state index in [0.717, 1.165) is 50.0 Å². The third-order valence-electron chi connectivity index (χ3n) is 4.30. The fraction of sp³-hybridized carbons (Fsp3) is 0.667. The lowest BCUT2D eigenvalue weighted by atomic mass is 9.78. The molecule has 2 rings (SSSR count). The molecule has 0 saturated heterocycles. The summed E-state index contributed by atoms with van der Waals surface area (Å²) in [4.78, 5) is 0. The topological polar surface area (TPSA) is 38.7 Å². The molecule has 1 aliphatic carbocycles. The highest BCUT2D eigenvalue weighted by Crippen LogP contribution is 2.41. The highest BCUT2D eigenvalue weighted by Gasteiger charge is 2.40. The monoisotopic (exact) mass is 292 g/mol. The Hall–Kier alpha value is -1.06. The maximum atomic E-state index is 10.8. The molecule has 1 atom stereocenters. The summed E-state index contributed by atoms with van der Waals surface area (Å²) in [7, 11) is 0. The molecule has 0 spiro atoms. The van der Waals surface area contributed by atoms with E-state index in [9.17, 15) is 5.11 Å². The van der Waals surface area contributed by atoms with E-state index in [1.165, 1.54) is 6.42 Å². The first kappa shape index (κ1) is 16.3. The summed E-state index contributed by atoms with van der Waals surface area (Å²) in [5.41, 5.74) is 0.521. The SMILES string of the molecule is CCCOc1ccc(C(O)C2(OCC)CCCCC2)cc1. The van der Waals surface area contributed by atoms with E-state index in [4.69, 9.17) is 9.47 Å². The average molecular weight is 292 g/mol. The van der Waals surface area contributed by atoms with Crippen LogP contribution in [0.25, 0.3) is 0 Å². The first-order valence-corrected chi connectivity index (χ1v) is 8.26. The van der Waals surface area contributed by atoms with Gasteiger partial charge in [0, 0.05) is 6.61 Å². The Kier molecular flexibility index (Phi) is 6.07. The molecule has 0 bridgehead atoms. The molecule has 1 unspecified atom stereocenters. The van der Waals surface area contributed by atoms with Crippen LogP contribution >= 0.6 is 0 Å². The zero-order valence-corrected chi connectivity index (χ0v) is 13.3. The Morgan fingerprint density at radius 2 is 1.76 bits per heavy atom. The van der Waals surface area contributed by atoms with Crippen LogP contribution in [-0.4, -0.2) is 23.9 Å². The second kappa shape index (κ2) is 7.81. The van der Waals surface area contributed by atoms with Crippen LogP contribution in [0.3, 0.4) is 0 Å². The first-order chi connectivity index (χ1) is 10.2. The fourth-order valence-corrected chi connectivity index (χ4v) is 3.20. The summed E-state index contributed by atoms with van der Waals surface area (Å²) in [6.07, 6.45) is 5.83. The van der Waals surface area contributed by atoms with Crippen molar-refractivity contribution in [3.63, 3.8) is 0 Å². The van der Waals surface area contributed by atoms with E-state index in [1.54, 1.807) is 0 Å². The van der Waals surface area contributed by atoms with Gasteiger partial charge in [-0.25, -0.2) is 0 Å². The van der Waals surface area contributed by atoms with Crippen molar-refractivity contribution in [3.8, 4) is 5.75 Å². The lowest BCUT2D eigenvalue weighted by Gasteiger charge is -2.41. The molecule has 118 valence electrons. The van der Waals surface area contributed by atoms with Gasteiger partial charge in [0.2, 0.25) is 0 Å². The van der Waals surface area contributed by atoms with E-state index in [2.05, 4.69) is 6.92 Å². The van der Waals surface area contributed by atoms with Crippen LogP contribution in [0.1, 0.15) is 64.0 Å². The quantitative estimate of drug-likeness (QED) is 0.816. The highest BCUT2D eigenvalue weighted by atomic mass is 16.5. The van der Waals surface area contributed by atoms with Crippen LogP contribution < -0.4 is 4.74 Å². The number of aliphatic hydroxyl groups is 1. The summed E-state index contributed by atoms with van der Waals surface area (Å²) in [5, 5.41) is 10.8. The molecule has 0 radical (unpaired) electrons. The summed E-state index contributed by atoms with van der Waals surface area (Å²) >= 11 is 0. The Morgan fingerprint density at radius 1 is 1.10 bits per heavy atom. The Balaban J connectivity index is 2.10. The van der Waals surface area contributed by atoms with Gasteiger partial charge in [0.15, 0.2) is 0 Å². The van der Waals surface area contributed by atoms with Gasteiger partial charge in [0.1, 0.15) is 11.9 Å². The van der Waals surface area contributed by atoms with Crippen LogP contribution in [-0.2, 0) is 4.74 Å². The van der Waals surface area contributed by atoms with Crippen LogP contribution in [0, 0.1) is 0 Å². The normalized spacial score (nSPS) is 19.2. The van der Waals surface area contributed by atoms with Gasteiger partial charge in [-0.15, -0.1) is 0 Å². The van der Waals surface area contributed by atoms with Gasteiger partial charge in [-0.2, -0.15) is 0 Å². The number of ether oxygens (including phenoxy) is 2. The lowest BCUT2D eigenvalue weighted by molar-refractivity contribution is -0.141. The van der Waals surface area contributed by atoms with Crippen molar-refractivity contribution in [1.82, 2.24) is 0 Å². The number of hydrogen-bond acceptors (Lipinski definition) is 3. The average Bonchev–Trinajstić information content (AvgIpc) is 2.54. The number of benzene rings is 1. The molecule has 3 heteroatoms. The van der Waals surface area contributed by atoms with E-state index >= 15 is 0 Å². The Labute approximate surface area is 128 Å². The summed E-state index contributed by atoms with van der Waals surface area (Å²) in [6.45, 7) is 5.47. The predicted molar refractivity (Wildman–Crippen MR) is 84.6 cm³/mol. The molecule has 1 aromatic rings. The summed E-state index contributed by atoms with van der Waals surface area (Å²) in [5.74, 6) is 0.863. The molecule has 3 nitrogen and oxygen atoms in total. The van der Waals surface area contributed by atoms with Gasteiger partial charge < -0.3 is 14.6 Å². The van der Waals surface area contributed by atoms with Crippen molar-refractivity contribution in [2.24, 2.45) is 0 Å². The predicted octanol–water partition coefficient (Wildman–Crippen LogP) is 4.25. The minimum atomic E-state index is -0.557. The minimum Gasteiger partial charge on any atom is -0.494 e. The number of hydrogen-bond donors (Lipinski definition) is 1. The molecular weight excluding hydrogens is 264 g/mol. The third-order valence-corrected chi connectivity index (χ3v) is 4.30. The highest BCUT2D eigenvalue weighted by molar-refractivity contribution is 5.30. The van der Waals surface area contributed by atoms with Gasteiger partial charge in [-0.05, 0) is 43.9 Å². The minimum absolute atomic E-state index is 0.404. The van der Waals surface area contributed by atoms with Crippen molar-refractivity contribution in [1.29, 1.82) is 0 Å². The maximum absolute atomic E-state index is 10.8. The van der Waals surface area contributed by atoms with Crippen molar-refractivity contribution in [2.75, 3.05) is 13.2 Å². The van der Waals surface area contributed by atoms with Crippen molar-refractivity contribution in [2.45, 2.75) is 64.1 Å².